The Kier molecular flexibility index (Phi) is 3.39. The van der Waals surface area contributed by atoms with E-state index in [1.54, 1.807) is 0 Å². The van der Waals surface area contributed by atoms with Crippen LogP contribution in [0, 0.1) is 34.5 Å². The summed E-state index contributed by atoms with van der Waals surface area (Å²) < 4.78 is 0. The minimum atomic E-state index is -0.191. The molecule has 4 aliphatic carbocycles. The molecule has 3 fully saturated rings. The van der Waals surface area contributed by atoms with Crippen molar-refractivity contribution < 1.29 is 14.7 Å². The molecule has 0 aromatic rings. The van der Waals surface area contributed by atoms with Crippen molar-refractivity contribution in [2.45, 2.75) is 58.8 Å². The van der Waals surface area contributed by atoms with Gasteiger partial charge >= 0.3 is 0 Å². The van der Waals surface area contributed by atoms with Gasteiger partial charge in [0.05, 0.1) is 6.61 Å². The van der Waals surface area contributed by atoms with Gasteiger partial charge < -0.3 is 5.11 Å². The molecule has 3 nitrogen and oxygen atoms in total. The summed E-state index contributed by atoms with van der Waals surface area (Å²) in [6, 6.07) is 0. The van der Waals surface area contributed by atoms with Gasteiger partial charge in [-0.25, -0.2) is 0 Å². The number of carbonyl (C=O) groups excluding carboxylic acids is 2. The number of hydrogen-bond donors (Lipinski definition) is 1. The van der Waals surface area contributed by atoms with Crippen molar-refractivity contribution in [2.75, 3.05) is 6.61 Å². The molecule has 3 heteroatoms. The Morgan fingerprint density at radius 1 is 1.17 bits per heavy atom. The maximum Gasteiger partial charge on any atom is 0.155 e. The number of fused-ring (bicyclic) bond motifs is 5. The Morgan fingerprint density at radius 2 is 1.96 bits per heavy atom. The van der Waals surface area contributed by atoms with Crippen LogP contribution in [0.1, 0.15) is 58.8 Å². The van der Waals surface area contributed by atoms with E-state index in [1.807, 2.05) is 6.08 Å². The lowest BCUT2D eigenvalue weighted by Gasteiger charge is -2.59. The van der Waals surface area contributed by atoms with E-state index in [9.17, 15) is 14.7 Å². The van der Waals surface area contributed by atoms with Gasteiger partial charge in [-0.15, -0.1) is 0 Å². The van der Waals surface area contributed by atoms with Crippen molar-refractivity contribution in [1.29, 1.82) is 0 Å². The lowest BCUT2D eigenvalue weighted by molar-refractivity contribution is -0.135. The zero-order valence-electron chi connectivity index (χ0n) is 14.3. The van der Waals surface area contributed by atoms with E-state index >= 15 is 0 Å². The van der Waals surface area contributed by atoms with Crippen LogP contribution in [-0.2, 0) is 9.59 Å². The summed E-state index contributed by atoms with van der Waals surface area (Å²) in [4.78, 5) is 24.4. The van der Waals surface area contributed by atoms with Gasteiger partial charge in [0.25, 0.3) is 0 Å². The van der Waals surface area contributed by atoms with Crippen LogP contribution >= 0.6 is 0 Å². The monoisotopic (exact) mass is 316 g/mol. The number of hydrogen-bond acceptors (Lipinski definition) is 3. The van der Waals surface area contributed by atoms with Crippen molar-refractivity contribution in [2.24, 2.45) is 34.5 Å². The highest BCUT2D eigenvalue weighted by atomic mass is 16.3. The first-order valence-corrected chi connectivity index (χ1v) is 9.31. The van der Waals surface area contributed by atoms with E-state index in [0.717, 1.165) is 38.5 Å². The minimum absolute atomic E-state index is 0.122. The fraction of sp³-hybridized carbons (Fsp3) is 0.800. The summed E-state index contributed by atoms with van der Waals surface area (Å²) in [5, 5.41) is 10.4. The summed E-state index contributed by atoms with van der Waals surface area (Å²) in [6.07, 6.45) is 8.08. The maximum atomic E-state index is 12.5. The van der Waals surface area contributed by atoms with E-state index in [0.29, 0.717) is 35.9 Å². The minimum Gasteiger partial charge on any atom is -0.395 e. The lowest BCUT2D eigenvalue weighted by atomic mass is 9.45. The van der Waals surface area contributed by atoms with Crippen molar-refractivity contribution in [3.05, 3.63) is 11.6 Å². The quantitative estimate of drug-likeness (QED) is 0.807. The second kappa shape index (κ2) is 5.02. The SMILES string of the molecule is C[C@H]1C[C@@H]2[C@H](CC[C@]3(C)C(=O)CC[C@@H]23)[C@@]2(CO)CCC(=O)C=C12. The lowest BCUT2D eigenvalue weighted by Crippen LogP contribution is -2.54. The first-order chi connectivity index (χ1) is 10.9. The largest absolute Gasteiger partial charge is 0.395 e. The molecule has 0 aromatic carbocycles. The molecule has 0 unspecified atom stereocenters. The van der Waals surface area contributed by atoms with E-state index in [2.05, 4.69) is 13.8 Å². The molecular weight excluding hydrogens is 288 g/mol. The fourth-order valence-electron chi connectivity index (χ4n) is 6.81. The Balaban J connectivity index is 1.77. The van der Waals surface area contributed by atoms with Crippen molar-refractivity contribution >= 4 is 11.6 Å². The zero-order valence-corrected chi connectivity index (χ0v) is 14.3. The van der Waals surface area contributed by atoms with Crippen molar-refractivity contribution in [3.8, 4) is 0 Å². The van der Waals surface area contributed by atoms with Gasteiger partial charge in [-0.1, -0.05) is 19.4 Å². The van der Waals surface area contributed by atoms with Gasteiger partial charge in [-0.2, -0.15) is 0 Å². The van der Waals surface area contributed by atoms with E-state index in [1.165, 1.54) is 5.57 Å². The number of aliphatic hydroxyl groups excluding tert-OH is 1. The van der Waals surface area contributed by atoms with E-state index in [-0.39, 0.29) is 23.2 Å². The molecule has 0 spiro atoms. The number of carbonyl (C=O) groups is 2. The third kappa shape index (κ3) is 1.92. The molecule has 1 N–H and O–H groups in total. The molecule has 23 heavy (non-hydrogen) atoms. The summed E-state index contributed by atoms with van der Waals surface area (Å²) in [7, 11) is 0. The van der Waals surface area contributed by atoms with Crippen LogP contribution in [-0.4, -0.2) is 23.3 Å². The summed E-state index contributed by atoms with van der Waals surface area (Å²) >= 11 is 0. The smallest absolute Gasteiger partial charge is 0.155 e. The first kappa shape index (κ1) is 15.6. The summed E-state index contributed by atoms with van der Waals surface area (Å²) in [5.41, 5.74) is 0.900. The van der Waals surface area contributed by atoms with Crippen LogP contribution in [0.25, 0.3) is 0 Å². The first-order valence-electron chi connectivity index (χ1n) is 9.31. The number of ketones is 2. The molecule has 0 saturated heterocycles. The van der Waals surface area contributed by atoms with Crippen molar-refractivity contribution in [1.82, 2.24) is 0 Å². The predicted molar refractivity (Wildman–Crippen MR) is 87.7 cm³/mol. The van der Waals surface area contributed by atoms with Gasteiger partial charge in [-0.3, -0.25) is 9.59 Å². The number of aliphatic hydroxyl groups is 1. The van der Waals surface area contributed by atoms with Crippen LogP contribution in [0.4, 0.5) is 0 Å². The number of Topliss-reactive ketones (excluding diaryl/α,β-unsaturated/α-hetero) is 1. The standard InChI is InChI=1S/C20H28O3/c1-12-9-14-15-3-4-18(23)19(15,2)7-6-16(14)20(11-21)8-5-13(22)10-17(12)20/h10,12,14-16,21H,3-9,11H2,1-2H3/t12-,14-,15-,16-,19-,20-/m0/s1. The highest BCUT2D eigenvalue weighted by Gasteiger charge is 2.61. The molecule has 4 rings (SSSR count). The molecule has 0 bridgehead atoms. The Hall–Kier alpha value is -0.960. The molecule has 0 amide bonds. The summed E-state index contributed by atoms with van der Waals surface area (Å²) in [5.74, 6) is 2.52. The second-order valence-corrected chi connectivity index (χ2v) is 8.81. The Bertz CT molecular complexity index is 592. The zero-order chi connectivity index (χ0) is 16.4. The molecule has 6 atom stereocenters. The molecule has 0 radical (unpaired) electrons. The topological polar surface area (TPSA) is 54.4 Å². The molecular formula is C20H28O3. The predicted octanol–water partition coefficient (Wildman–Crippen LogP) is 3.31. The molecule has 3 saturated carbocycles. The van der Waals surface area contributed by atoms with E-state index in [4.69, 9.17) is 0 Å². The normalized spacial score (nSPS) is 49.3. The fourth-order valence-corrected chi connectivity index (χ4v) is 6.81. The number of rotatable bonds is 1. The van der Waals surface area contributed by atoms with Gasteiger partial charge in [0.1, 0.15) is 5.78 Å². The van der Waals surface area contributed by atoms with Gasteiger partial charge in [0.15, 0.2) is 5.78 Å². The molecule has 0 aliphatic heterocycles. The highest BCUT2D eigenvalue weighted by Crippen LogP contribution is 2.65. The van der Waals surface area contributed by atoms with E-state index < -0.39 is 0 Å². The third-order valence-electron chi connectivity index (χ3n) is 8.00. The van der Waals surface area contributed by atoms with Crippen LogP contribution in [0.15, 0.2) is 11.6 Å². The van der Waals surface area contributed by atoms with Crippen LogP contribution < -0.4 is 0 Å². The van der Waals surface area contributed by atoms with Crippen LogP contribution in [0.3, 0.4) is 0 Å². The van der Waals surface area contributed by atoms with Gasteiger partial charge in [0, 0.05) is 23.7 Å². The van der Waals surface area contributed by atoms with Gasteiger partial charge in [0.2, 0.25) is 0 Å². The Morgan fingerprint density at radius 3 is 2.70 bits per heavy atom. The Labute approximate surface area is 138 Å². The average molecular weight is 316 g/mol. The van der Waals surface area contributed by atoms with Gasteiger partial charge in [-0.05, 0) is 61.9 Å². The van der Waals surface area contributed by atoms with Crippen LogP contribution in [0.5, 0.6) is 0 Å². The maximum absolute atomic E-state index is 12.5. The van der Waals surface area contributed by atoms with Crippen LogP contribution in [0.2, 0.25) is 0 Å². The highest BCUT2D eigenvalue weighted by molar-refractivity contribution is 5.92. The molecule has 126 valence electrons. The molecule has 0 heterocycles. The average Bonchev–Trinajstić information content (AvgIpc) is 2.84. The molecule has 0 aromatic heterocycles. The molecule has 4 aliphatic rings. The summed E-state index contributed by atoms with van der Waals surface area (Å²) in [6.45, 7) is 4.57. The van der Waals surface area contributed by atoms with Crippen molar-refractivity contribution in [3.63, 3.8) is 0 Å². The second-order valence-electron chi connectivity index (χ2n) is 8.81. The third-order valence-corrected chi connectivity index (χ3v) is 8.00.